The Labute approximate surface area is 111 Å². The molecule has 1 N–H and O–H groups in total. The van der Waals surface area contributed by atoms with Gasteiger partial charge in [-0.3, -0.25) is 0 Å². The molecule has 0 fully saturated rings. The lowest BCUT2D eigenvalue weighted by molar-refractivity contribution is 0.720. The highest BCUT2D eigenvalue weighted by atomic mass is 15.2. The van der Waals surface area contributed by atoms with Crippen LogP contribution in [0.1, 0.15) is 45.6 Å². The number of aryl methyl sites for hydroxylation is 1. The van der Waals surface area contributed by atoms with E-state index in [0.717, 1.165) is 43.4 Å². The molecule has 102 valence electrons. The Morgan fingerprint density at radius 1 is 1.22 bits per heavy atom. The van der Waals surface area contributed by atoms with Gasteiger partial charge >= 0.3 is 0 Å². The summed E-state index contributed by atoms with van der Waals surface area (Å²) in [6.45, 7) is 11.6. The maximum atomic E-state index is 4.64. The van der Waals surface area contributed by atoms with Gasteiger partial charge in [0.2, 0.25) is 5.95 Å². The van der Waals surface area contributed by atoms with Gasteiger partial charge in [0.15, 0.2) is 0 Å². The van der Waals surface area contributed by atoms with Crippen molar-refractivity contribution in [1.82, 2.24) is 9.97 Å². The smallest absolute Gasteiger partial charge is 0.224 e. The second kappa shape index (κ2) is 7.90. The molecule has 0 saturated heterocycles. The Balaban J connectivity index is 2.83. The number of hydrogen-bond donors (Lipinski definition) is 1. The first-order valence-electron chi connectivity index (χ1n) is 7.05. The van der Waals surface area contributed by atoms with E-state index in [2.05, 4.69) is 47.9 Å². The maximum absolute atomic E-state index is 4.64. The summed E-state index contributed by atoms with van der Waals surface area (Å²) in [5.41, 5.74) is 1.15. The van der Waals surface area contributed by atoms with Crippen LogP contribution in [0.4, 0.5) is 11.8 Å². The number of anilines is 2. The van der Waals surface area contributed by atoms with E-state index >= 15 is 0 Å². The van der Waals surface area contributed by atoms with Gasteiger partial charge in [-0.2, -0.15) is 4.98 Å². The molecule has 0 amide bonds. The number of nitrogens with one attached hydrogen (secondary N) is 1. The molecule has 18 heavy (non-hydrogen) atoms. The third-order valence-corrected chi connectivity index (χ3v) is 2.94. The quantitative estimate of drug-likeness (QED) is 0.769. The summed E-state index contributed by atoms with van der Waals surface area (Å²) in [5.74, 6) is 1.81. The fourth-order valence-corrected chi connectivity index (χ4v) is 1.84. The number of rotatable bonds is 8. The van der Waals surface area contributed by atoms with E-state index < -0.39 is 0 Å². The zero-order chi connectivity index (χ0) is 13.4. The van der Waals surface area contributed by atoms with E-state index in [9.17, 15) is 0 Å². The lowest BCUT2D eigenvalue weighted by atomic mass is 10.2. The fourth-order valence-electron chi connectivity index (χ4n) is 1.84. The molecule has 0 bridgehead atoms. The second-order valence-corrected chi connectivity index (χ2v) is 4.56. The van der Waals surface area contributed by atoms with E-state index in [1.54, 1.807) is 0 Å². The Morgan fingerprint density at radius 2 is 2.00 bits per heavy atom. The van der Waals surface area contributed by atoms with Gasteiger partial charge in [0.1, 0.15) is 5.82 Å². The SMILES string of the molecule is CCCCN(CC)c1nc(NCCC)ncc1C. The van der Waals surface area contributed by atoms with E-state index in [4.69, 9.17) is 0 Å². The molecule has 0 spiro atoms. The van der Waals surface area contributed by atoms with Gasteiger partial charge in [-0.1, -0.05) is 20.3 Å². The summed E-state index contributed by atoms with van der Waals surface area (Å²) in [7, 11) is 0. The molecule has 0 aromatic carbocycles. The summed E-state index contributed by atoms with van der Waals surface area (Å²) >= 11 is 0. The molecule has 0 radical (unpaired) electrons. The number of aromatic nitrogens is 2. The van der Waals surface area contributed by atoms with Gasteiger partial charge in [-0.15, -0.1) is 0 Å². The normalized spacial score (nSPS) is 10.4. The highest BCUT2D eigenvalue weighted by Crippen LogP contribution is 2.18. The zero-order valence-corrected chi connectivity index (χ0v) is 12.2. The van der Waals surface area contributed by atoms with Crippen LogP contribution in [-0.2, 0) is 0 Å². The van der Waals surface area contributed by atoms with Crippen LogP contribution in [0.25, 0.3) is 0 Å². The Bertz CT molecular complexity index is 352. The molecule has 4 heteroatoms. The van der Waals surface area contributed by atoms with E-state index in [1.807, 2.05) is 6.20 Å². The molecule has 0 aliphatic heterocycles. The summed E-state index contributed by atoms with van der Waals surface area (Å²) in [4.78, 5) is 11.3. The molecular formula is C14H26N4. The Hall–Kier alpha value is -1.32. The van der Waals surface area contributed by atoms with Crippen LogP contribution in [0.5, 0.6) is 0 Å². The molecule has 1 rings (SSSR count). The predicted octanol–water partition coefficient (Wildman–Crippen LogP) is 3.23. The number of unbranched alkanes of at least 4 members (excludes halogenated alkanes) is 1. The van der Waals surface area contributed by atoms with E-state index in [0.29, 0.717) is 0 Å². The van der Waals surface area contributed by atoms with Crippen molar-refractivity contribution in [3.63, 3.8) is 0 Å². The molecule has 1 heterocycles. The van der Waals surface area contributed by atoms with Gasteiger partial charge in [-0.25, -0.2) is 4.98 Å². The first-order chi connectivity index (χ1) is 8.72. The molecule has 4 nitrogen and oxygen atoms in total. The molecule has 1 aromatic heterocycles. The van der Waals surface area contributed by atoms with E-state index in [-0.39, 0.29) is 0 Å². The average Bonchev–Trinajstić information content (AvgIpc) is 2.39. The number of hydrogen-bond acceptors (Lipinski definition) is 4. The van der Waals surface area contributed by atoms with Crippen molar-refractivity contribution in [2.45, 2.75) is 47.0 Å². The van der Waals surface area contributed by atoms with Crippen LogP contribution in [-0.4, -0.2) is 29.6 Å². The Morgan fingerprint density at radius 3 is 2.61 bits per heavy atom. The minimum Gasteiger partial charge on any atom is -0.357 e. The first kappa shape index (κ1) is 14.7. The topological polar surface area (TPSA) is 41.1 Å². The minimum absolute atomic E-state index is 0.743. The maximum Gasteiger partial charge on any atom is 0.224 e. The third kappa shape index (κ3) is 4.17. The average molecular weight is 250 g/mol. The van der Waals surface area contributed by atoms with Crippen molar-refractivity contribution >= 4 is 11.8 Å². The van der Waals surface area contributed by atoms with Gasteiger partial charge in [0, 0.05) is 31.4 Å². The van der Waals surface area contributed by atoms with Crippen molar-refractivity contribution in [2.24, 2.45) is 0 Å². The van der Waals surface area contributed by atoms with Crippen molar-refractivity contribution in [3.05, 3.63) is 11.8 Å². The van der Waals surface area contributed by atoms with Crippen LogP contribution < -0.4 is 10.2 Å². The van der Waals surface area contributed by atoms with Crippen LogP contribution in [0.3, 0.4) is 0 Å². The van der Waals surface area contributed by atoms with Crippen LogP contribution in [0, 0.1) is 6.92 Å². The fraction of sp³-hybridized carbons (Fsp3) is 0.714. The van der Waals surface area contributed by atoms with Gasteiger partial charge in [0.25, 0.3) is 0 Å². The van der Waals surface area contributed by atoms with Crippen molar-refractivity contribution in [2.75, 3.05) is 29.9 Å². The van der Waals surface area contributed by atoms with Gasteiger partial charge in [0.05, 0.1) is 0 Å². The van der Waals surface area contributed by atoms with Crippen LogP contribution in [0.2, 0.25) is 0 Å². The van der Waals surface area contributed by atoms with Crippen molar-refractivity contribution < 1.29 is 0 Å². The van der Waals surface area contributed by atoms with Gasteiger partial charge < -0.3 is 10.2 Å². The van der Waals surface area contributed by atoms with Crippen molar-refractivity contribution in [3.8, 4) is 0 Å². The molecular weight excluding hydrogens is 224 g/mol. The second-order valence-electron chi connectivity index (χ2n) is 4.56. The predicted molar refractivity (Wildman–Crippen MR) is 78.3 cm³/mol. The highest BCUT2D eigenvalue weighted by molar-refractivity contribution is 5.48. The Kier molecular flexibility index (Phi) is 6.47. The molecule has 1 aromatic rings. The van der Waals surface area contributed by atoms with E-state index in [1.165, 1.54) is 12.8 Å². The monoisotopic (exact) mass is 250 g/mol. The summed E-state index contributed by atoms with van der Waals surface area (Å²) in [5, 5.41) is 3.25. The highest BCUT2D eigenvalue weighted by Gasteiger charge is 2.10. The summed E-state index contributed by atoms with van der Waals surface area (Å²) in [6.07, 6.45) is 5.41. The number of nitrogens with zero attached hydrogens (tertiary/aromatic N) is 3. The van der Waals surface area contributed by atoms with Crippen molar-refractivity contribution in [1.29, 1.82) is 0 Å². The largest absolute Gasteiger partial charge is 0.357 e. The standard InChI is InChI=1S/C14H26N4/c1-5-8-10-18(7-3)13-12(4)11-16-14(17-13)15-9-6-2/h11H,5-10H2,1-4H3,(H,15,16,17). The minimum atomic E-state index is 0.743. The summed E-state index contributed by atoms with van der Waals surface area (Å²) < 4.78 is 0. The summed E-state index contributed by atoms with van der Waals surface area (Å²) in [6, 6.07) is 0. The molecule has 0 atom stereocenters. The first-order valence-corrected chi connectivity index (χ1v) is 7.05. The van der Waals surface area contributed by atoms with Gasteiger partial charge in [-0.05, 0) is 26.7 Å². The zero-order valence-electron chi connectivity index (χ0n) is 12.2. The lowest BCUT2D eigenvalue weighted by Crippen LogP contribution is -2.26. The third-order valence-electron chi connectivity index (χ3n) is 2.94. The molecule has 0 aliphatic carbocycles. The lowest BCUT2D eigenvalue weighted by Gasteiger charge is -2.23. The van der Waals surface area contributed by atoms with Crippen LogP contribution in [0.15, 0.2) is 6.20 Å². The molecule has 0 saturated carbocycles. The molecule has 0 unspecified atom stereocenters. The molecule has 0 aliphatic rings. The van der Waals surface area contributed by atoms with Crippen LogP contribution >= 0.6 is 0 Å².